The number of aromatic nitrogens is 2. The van der Waals surface area contributed by atoms with E-state index in [0.717, 1.165) is 34.3 Å². The third-order valence-corrected chi connectivity index (χ3v) is 5.81. The van der Waals surface area contributed by atoms with E-state index in [-0.39, 0.29) is 5.56 Å². The Morgan fingerprint density at radius 3 is 2.56 bits per heavy atom. The maximum Gasteiger partial charge on any atom is 0.273 e. The number of aryl methyl sites for hydroxylation is 1. The zero-order chi connectivity index (χ0) is 18.8. The topological polar surface area (TPSA) is 38.1 Å². The molecule has 2 aromatic carbocycles. The van der Waals surface area contributed by atoms with Gasteiger partial charge in [-0.15, -0.1) is 11.3 Å². The average molecular weight is 378 g/mol. The highest BCUT2D eigenvalue weighted by Gasteiger charge is 2.16. The van der Waals surface area contributed by atoms with E-state index >= 15 is 0 Å². The minimum atomic E-state index is 0.0358. The minimum Gasteiger partial charge on any atom is -0.309 e. The van der Waals surface area contributed by atoms with Gasteiger partial charge in [-0.1, -0.05) is 48.5 Å². The second-order valence-electron chi connectivity index (χ2n) is 7.09. The quantitative estimate of drug-likeness (QED) is 0.506. The lowest BCUT2D eigenvalue weighted by Crippen LogP contribution is -2.27. The van der Waals surface area contributed by atoms with Gasteiger partial charge in [0.2, 0.25) is 0 Å². The predicted molar refractivity (Wildman–Crippen MR) is 114 cm³/mol. The monoisotopic (exact) mass is 377 g/mol. The predicted octanol–water partition coefficient (Wildman–Crippen LogP) is 4.15. The smallest absolute Gasteiger partial charge is 0.273 e. The van der Waals surface area contributed by atoms with Crippen LogP contribution in [0.25, 0.3) is 20.4 Å². The van der Waals surface area contributed by atoms with Gasteiger partial charge in [0.1, 0.15) is 10.5 Å². The molecule has 4 aromatic rings. The van der Waals surface area contributed by atoms with Gasteiger partial charge in [0.15, 0.2) is 0 Å². The van der Waals surface area contributed by atoms with Crippen LogP contribution in [-0.2, 0) is 13.0 Å². The maximum absolute atomic E-state index is 13.3. The van der Waals surface area contributed by atoms with E-state index < -0.39 is 0 Å². The van der Waals surface area contributed by atoms with E-state index in [2.05, 4.69) is 31.1 Å². The molecule has 0 amide bonds. The molecule has 0 N–H and O–H groups in total. The fraction of sp³-hybridized carbons (Fsp3) is 0.273. The van der Waals surface area contributed by atoms with Gasteiger partial charge in [-0.25, -0.2) is 4.98 Å². The van der Waals surface area contributed by atoms with Crippen molar-refractivity contribution in [2.75, 3.05) is 20.6 Å². The van der Waals surface area contributed by atoms with Crippen LogP contribution in [0.15, 0.2) is 59.4 Å². The summed E-state index contributed by atoms with van der Waals surface area (Å²) < 4.78 is 3.13. The fourth-order valence-electron chi connectivity index (χ4n) is 3.45. The lowest BCUT2D eigenvalue weighted by atomic mass is 10.1. The normalized spacial score (nSPS) is 11.7. The zero-order valence-electron chi connectivity index (χ0n) is 15.7. The molecule has 0 saturated carbocycles. The molecular weight excluding hydrogens is 354 g/mol. The van der Waals surface area contributed by atoms with Crippen molar-refractivity contribution in [1.82, 2.24) is 14.5 Å². The standard InChI is InChI=1S/C22H23N3OS/c1-24(2)13-8-14-25-20-17-11-6-7-12-19(17)27-21(20)23-18(22(25)26)15-16-9-4-3-5-10-16/h3-7,9-12H,8,13-15H2,1-2H3. The lowest BCUT2D eigenvalue weighted by molar-refractivity contribution is 0.386. The van der Waals surface area contributed by atoms with E-state index in [1.807, 2.05) is 47.0 Å². The summed E-state index contributed by atoms with van der Waals surface area (Å²) in [7, 11) is 4.12. The van der Waals surface area contributed by atoms with Crippen LogP contribution in [0, 0.1) is 0 Å². The van der Waals surface area contributed by atoms with Crippen molar-refractivity contribution in [2.45, 2.75) is 19.4 Å². The van der Waals surface area contributed by atoms with Gasteiger partial charge in [-0.3, -0.25) is 4.79 Å². The van der Waals surface area contributed by atoms with Crippen molar-refractivity contribution in [1.29, 1.82) is 0 Å². The second kappa shape index (κ2) is 7.62. The highest BCUT2D eigenvalue weighted by molar-refractivity contribution is 7.25. The summed E-state index contributed by atoms with van der Waals surface area (Å²) in [5.41, 5.74) is 2.76. The molecule has 0 radical (unpaired) electrons. The summed E-state index contributed by atoms with van der Waals surface area (Å²) in [4.78, 5) is 21.2. The molecule has 0 unspecified atom stereocenters. The van der Waals surface area contributed by atoms with Crippen molar-refractivity contribution < 1.29 is 0 Å². The van der Waals surface area contributed by atoms with Gasteiger partial charge in [0.25, 0.3) is 5.56 Å². The average Bonchev–Trinajstić information content (AvgIpc) is 3.03. The van der Waals surface area contributed by atoms with Crippen LogP contribution in [-0.4, -0.2) is 35.1 Å². The molecule has 138 valence electrons. The van der Waals surface area contributed by atoms with Crippen LogP contribution in [0.4, 0.5) is 0 Å². The molecule has 0 atom stereocenters. The Kier molecular flexibility index (Phi) is 5.05. The fourth-order valence-corrected chi connectivity index (χ4v) is 4.55. The Bertz CT molecular complexity index is 1130. The van der Waals surface area contributed by atoms with Crippen LogP contribution in [0.5, 0.6) is 0 Å². The Hall–Kier alpha value is -2.50. The van der Waals surface area contributed by atoms with Gasteiger partial charge in [0.05, 0.1) is 5.52 Å². The largest absolute Gasteiger partial charge is 0.309 e. The van der Waals surface area contributed by atoms with Crippen molar-refractivity contribution in [2.24, 2.45) is 0 Å². The number of hydrogen-bond acceptors (Lipinski definition) is 4. The Morgan fingerprint density at radius 2 is 1.78 bits per heavy atom. The first-order valence-corrected chi connectivity index (χ1v) is 10.0. The molecule has 2 heterocycles. The van der Waals surface area contributed by atoms with Crippen molar-refractivity contribution in [3.05, 3.63) is 76.2 Å². The van der Waals surface area contributed by atoms with E-state index in [4.69, 9.17) is 4.98 Å². The molecule has 4 nitrogen and oxygen atoms in total. The summed E-state index contributed by atoms with van der Waals surface area (Å²) >= 11 is 1.67. The molecule has 4 rings (SSSR count). The van der Waals surface area contributed by atoms with Crippen LogP contribution in [0.2, 0.25) is 0 Å². The summed E-state index contributed by atoms with van der Waals surface area (Å²) in [6, 6.07) is 18.4. The SMILES string of the molecule is CN(C)CCCn1c(=O)c(Cc2ccccc2)nc2sc3ccccc3c21. The molecular formula is C22H23N3OS. The summed E-state index contributed by atoms with van der Waals surface area (Å²) in [6.45, 7) is 1.66. The molecule has 0 aliphatic carbocycles. The zero-order valence-corrected chi connectivity index (χ0v) is 16.5. The van der Waals surface area contributed by atoms with Gasteiger partial charge in [-0.2, -0.15) is 0 Å². The van der Waals surface area contributed by atoms with E-state index in [1.165, 1.54) is 4.70 Å². The number of hydrogen-bond donors (Lipinski definition) is 0. The lowest BCUT2D eigenvalue weighted by Gasteiger charge is -2.13. The first kappa shape index (κ1) is 17.9. The third kappa shape index (κ3) is 3.66. The van der Waals surface area contributed by atoms with Gasteiger partial charge >= 0.3 is 0 Å². The molecule has 0 aliphatic heterocycles. The van der Waals surface area contributed by atoms with Gasteiger partial charge in [0, 0.05) is 23.1 Å². The second-order valence-corrected chi connectivity index (χ2v) is 8.12. The van der Waals surface area contributed by atoms with E-state index in [9.17, 15) is 4.79 Å². The van der Waals surface area contributed by atoms with Crippen LogP contribution >= 0.6 is 11.3 Å². The number of fused-ring (bicyclic) bond motifs is 3. The van der Waals surface area contributed by atoms with E-state index in [0.29, 0.717) is 18.7 Å². The summed E-state index contributed by atoms with van der Waals surface area (Å²) in [6.07, 6.45) is 1.50. The highest BCUT2D eigenvalue weighted by atomic mass is 32.1. The molecule has 5 heteroatoms. The first-order valence-electron chi connectivity index (χ1n) is 9.23. The molecule has 27 heavy (non-hydrogen) atoms. The first-order chi connectivity index (χ1) is 13.1. The molecule has 2 aromatic heterocycles. The molecule has 0 bridgehead atoms. The van der Waals surface area contributed by atoms with Crippen molar-refractivity contribution in [3.63, 3.8) is 0 Å². The van der Waals surface area contributed by atoms with Gasteiger partial charge in [-0.05, 0) is 38.7 Å². The number of benzene rings is 2. The maximum atomic E-state index is 13.3. The third-order valence-electron chi connectivity index (χ3n) is 4.75. The summed E-state index contributed by atoms with van der Waals surface area (Å²) in [5, 5.41) is 1.12. The Balaban J connectivity index is 1.86. The Morgan fingerprint density at radius 1 is 1.04 bits per heavy atom. The van der Waals surface area contributed by atoms with Crippen molar-refractivity contribution in [3.8, 4) is 0 Å². The molecule has 0 saturated heterocycles. The molecule has 0 aliphatic rings. The van der Waals surface area contributed by atoms with Crippen LogP contribution < -0.4 is 5.56 Å². The van der Waals surface area contributed by atoms with Crippen LogP contribution in [0.1, 0.15) is 17.7 Å². The number of nitrogens with zero attached hydrogens (tertiary/aromatic N) is 3. The number of thiophene rings is 1. The highest BCUT2D eigenvalue weighted by Crippen LogP contribution is 2.32. The van der Waals surface area contributed by atoms with E-state index in [1.54, 1.807) is 11.3 Å². The molecule has 0 fully saturated rings. The van der Waals surface area contributed by atoms with Crippen molar-refractivity contribution >= 4 is 31.8 Å². The minimum absolute atomic E-state index is 0.0358. The Labute approximate surface area is 162 Å². The van der Waals surface area contributed by atoms with Crippen LogP contribution in [0.3, 0.4) is 0 Å². The summed E-state index contributed by atoms with van der Waals surface area (Å²) in [5.74, 6) is 0. The molecule has 0 spiro atoms. The number of rotatable bonds is 6. The van der Waals surface area contributed by atoms with Gasteiger partial charge < -0.3 is 9.47 Å².